The van der Waals surface area contributed by atoms with Gasteiger partial charge in [0.1, 0.15) is 24.0 Å². The predicted octanol–water partition coefficient (Wildman–Crippen LogP) is 5.11. The summed E-state index contributed by atoms with van der Waals surface area (Å²) in [4.78, 5) is 12.1. The van der Waals surface area contributed by atoms with Gasteiger partial charge in [0.2, 0.25) is 0 Å². The number of hydrogen-bond acceptors (Lipinski definition) is 3. The number of benzene rings is 2. The Balaban J connectivity index is 2.26. The molecule has 0 bridgehead atoms. The van der Waals surface area contributed by atoms with Crippen LogP contribution in [-0.2, 0) is 11.4 Å². The molecule has 1 N–H and O–H groups in total. The highest BCUT2D eigenvalue weighted by Crippen LogP contribution is 2.26. The molecule has 0 atom stereocenters. The third-order valence-electron chi connectivity index (χ3n) is 3.36. The van der Waals surface area contributed by atoms with Crippen LogP contribution < -0.4 is 10.1 Å². The Bertz CT molecular complexity index is 855. The second-order valence-electron chi connectivity index (χ2n) is 5.90. The maximum Gasteiger partial charge on any atom is 0.262 e. The van der Waals surface area contributed by atoms with Gasteiger partial charge in [0.15, 0.2) is 0 Å². The van der Waals surface area contributed by atoms with Crippen LogP contribution in [0.25, 0.3) is 6.08 Å². The average Bonchev–Trinajstić information content (AvgIpc) is 2.59. The van der Waals surface area contributed by atoms with Gasteiger partial charge in [0.25, 0.3) is 5.91 Å². The van der Waals surface area contributed by atoms with Gasteiger partial charge in [-0.3, -0.25) is 4.79 Å². The van der Waals surface area contributed by atoms with E-state index < -0.39 is 5.91 Å². The van der Waals surface area contributed by atoms with Crippen molar-refractivity contribution in [3.8, 4) is 11.8 Å². The normalized spacial score (nSPS) is 11.2. The second kappa shape index (κ2) is 9.42. The molecule has 1 amide bonds. The summed E-state index contributed by atoms with van der Waals surface area (Å²) in [5.41, 5.74) is 1.63. The summed E-state index contributed by atoms with van der Waals surface area (Å²) in [6.07, 6.45) is 1.53. The van der Waals surface area contributed by atoms with Crippen LogP contribution in [0.3, 0.4) is 0 Å². The number of ether oxygens (including phenoxy) is 1. The maximum absolute atomic E-state index is 12.1. The van der Waals surface area contributed by atoms with E-state index in [9.17, 15) is 10.1 Å². The lowest BCUT2D eigenvalue weighted by Crippen LogP contribution is -2.30. The molecular weight excluding hydrogens is 416 g/mol. The molecule has 0 heterocycles. The first-order chi connectivity index (χ1) is 12.4. The zero-order valence-electron chi connectivity index (χ0n) is 14.4. The minimum absolute atomic E-state index is 0.0214. The first-order valence-electron chi connectivity index (χ1n) is 7.98. The van der Waals surface area contributed by atoms with E-state index in [2.05, 4.69) is 21.2 Å². The van der Waals surface area contributed by atoms with E-state index in [0.29, 0.717) is 22.9 Å². The summed E-state index contributed by atoms with van der Waals surface area (Å²) in [7, 11) is 0. The van der Waals surface area contributed by atoms with E-state index in [4.69, 9.17) is 16.3 Å². The Morgan fingerprint density at radius 1 is 1.31 bits per heavy atom. The van der Waals surface area contributed by atoms with Crippen molar-refractivity contribution in [3.63, 3.8) is 0 Å². The maximum atomic E-state index is 12.1. The first kappa shape index (κ1) is 20.0. The molecule has 2 aromatic carbocycles. The van der Waals surface area contributed by atoms with Gasteiger partial charge in [-0.15, -0.1) is 0 Å². The zero-order chi connectivity index (χ0) is 19.1. The summed E-state index contributed by atoms with van der Waals surface area (Å²) in [5.74, 6) is 0.166. The number of amides is 1. The molecule has 0 radical (unpaired) electrons. The summed E-state index contributed by atoms with van der Waals surface area (Å²) >= 11 is 9.29. The Morgan fingerprint density at radius 2 is 2.00 bits per heavy atom. The smallest absolute Gasteiger partial charge is 0.262 e. The lowest BCUT2D eigenvalue weighted by atomic mass is 10.1. The van der Waals surface area contributed by atoms with E-state index >= 15 is 0 Å². The van der Waals surface area contributed by atoms with Crippen LogP contribution in [0.1, 0.15) is 25.0 Å². The molecule has 0 aliphatic heterocycles. The highest BCUT2D eigenvalue weighted by atomic mass is 79.9. The van der Waals surface area contributed by atoms with Crippen LogP contribution in [0.15, 0.2) is 52.5 Å². The molecule has 4 nitrogen and oxygen atoms in total. The van der Waals surface area contributed by atoms with Crippen molar-refractivity contribution in [1.82, 2.24) is 5.32 Å². The fraction of sp³-hybridized carbons (Fsp3) is 0.200. The highest BCUT2D eigenvalue weighted by molar-refractivity contribution is 9.10. The summed E-state index contributed by atoms with van der Waals surface area (Å²) in [5, 5.41) is 12.7. The highest BCUT2D eigenvalue weighted by Gasteiger charge is 2.12. The van der Waals surface area contributed by atoms with Crippen LogP contribution in [0.4, 0.5) is 0 Å². The predicted molar refractivity (Wildman–Crippen MR) is 107 cm³/mol. The number of nitrogens with one attached hydrogen (secondary N) is 1. The number of carbonyl (C=O) groups excluding carboxylic acids is 1. The molecular formula is C20H18BrClN2O2. The molecule has 26 heavy (non-hydrogen) atoms. The number of carbonyl (C=O) groups is 1. The molecule has 2 rings (SSSR count). The fourth-order valence-electron chi connectivity index (χ4n) is 2.15. The van der Waals surface area contributed by atoms with Crippen molar-refractivity contribution >= 4 is 39.5 Å². The van der Waals surface area contributed by atoms with Gasteiger partial charge in [0.05, 0.1) is 0 Å². The molecule has 0 saturated heterocycles. The van der Waals surface area contributed by atoms with Gasteiger partial charge in [-0.2, -0.15) is 5.26 Å². The number of nitriles is 1. The minimum Gasteiger partial charge on any atom is -0.488 e. The molecule has 0 saturated carbocycles. The van der Waals surface area contributed by atoms with E-state index in [1.165, 1.54) is 6.08 Å². The van der Waals surface area contributed by atoms with Gasteiger partial charge >= 0.3 is 0 Å². The molecule has 6 heteroatoms. The lowest BCUT2D eigenvalue weighted by molar-refractivity contribution is -0.117. The largest absolute Gasteiger partial charge is 0.488 e. The lowest BCUT2D eigenvalue weighted by Gasteiger charge is -2.11. The van der Waals surface area contributed by atoms with Crippen molar-refractivity contribution in [2.24, 2.45) is 0 Å². The standard InChI is InChI=1S/C20H18BrClN2O2/c1-13(2)24-20(25)16(11-23)9-15-10-17(21)5-8-19(15)26-12-14-3-6-18(22)7-4-14/h3-10,13H,12H2,1-2H3,(H,24,25)/b16-9-. The van der Waals surface area contributed by atoms with Gasteiger partial charge in [-0.25, -0.2) is 0 Å². The third kappa shape index (κ3) is 5.91. The Morgan fingerprint density at radius 3 is 2.62 bits per heavy atom. The number of nitrogens with zero attached hydrogens (tertiary/aromatic N) is 1. The molecule has 0 aliphatic rings. The molecule has 0 spiro atoms. The van der Waals surface area contributed by atoms with E-state index in [-0.39, 0.29) is 11.6 Å². The van der Waals surface area contributed by atoms with Crippen molar-refractivity contribution in [1.29, 1.82) is 5.26 Å². The van der Waals surface area contributed by atoms with E-state index in [1.54, 1.807) is 24.3 Å². The van der Waals surface area contributed by atoms with Crippen LogP contribution >= 0.6 is 27.5 Å². The second-order valence-corrected chi connectivity index (χ2v) is 7.25. The Hall–Kier alpha value is -2.29. The summed E-state index contributed by atoms with van der Waals surface area (Å²) in [6, 6.07) is 14.7. The topological polar surface area (TPSA) is 62.1 Å². The zero-order valence-corrected chi connectivity index (χ0v) is 16.8. The van der Waals surface area contributed by atoms with Gasteiger partial charge in [-0.05, 0) is 55.8 Å². The average molecular weight is 434 g/mol. The van der Waals surface area contributed by atoms with E-state index in [0.717, 1.165) is 10.0 Å². The van der Waals surface area contributed by atoms with E-state index in [1.807, 2.05) is 38.1 Å². The SMILES string of the molecule is CC(C)NC(=O)/C(C#N)=C\c1cc(Br)ccc1OCc1ccc(Cl)cc1. The molecule has 2 aromatic rings. The van der Waals surface area contributed by atoms with Gasteiger partial charge < -0.3 is 10.1 Å². The van der Waals surface area contributed by atoms with Crippen molar-refractivity contribution in [3.05, 3.63) is 68.7 Å². The molecule has 0 fully saturated rings. The Kier molecular flexibility index (Phi) is 7.26. The molecule has 0 aromatic heterocycles. The first-order valence-corrected chi connectivity index (χ1v) is 9.15. The number of halogens is 2. The quantitative estimate of drug-likeness (QED) is 0.508. The summed E-state index contributed by atoms with van der Waals surface area (Å²) in [6.45, 7) is 4.03. The minimum atomic E-state index is -0.411. The van der Waals surface area contributed by atoms with Crippen LogP contribution in [0.2, 0.25) is 5.02 Å². The molecule has 0 aliphatic carbocycles. The van der Waals surface area contributed by atoms with Crippen LogP contribution in [-0.4, -0.2) is 11.9 Å². The number of rotatable bonds is 6. The monoisotopic (exact) mass is 432 g/mol. The molecule has 134 valence electrons. The molecule has 0 unspecified atom stereocenters. The van der Waals surface area contributed by atoms with Crippen LogP contribution in [0.5, 0.6) is 5.75 Å². The van der Waals surface area contributed by atoms with Crippen LogP contribution in [0, 0.1) is 11.3 Å². The summed E-state index contributed by atoms with van der Waals surface area (Å²) < 4.78 is 6.70. The van der Waals surface area contributed by atoms with Crippen molar-refractivity contribution in [2.45, 2.75) is 26.5 Å². The Labute approximate surface area is 166 Å². The van der Waals surface area contributed by atoms with Crippen molar-refractivity contribution in [2.75, 3.05) is 0 Å². The van der Waals surface area contributed by atoms with Gasteiger partial charge in [-0.1, -0.05) is 39.7 Å². The van der Waals surface area contributed by atoms with Gasteiger partial charge in [0, 0.05) is 21.1 Å². The third-order valence-corrected chi connectivity index (χ3v) is 4.11. The number of hydrogen-bond donors (Lipinski definition) is 1. The fourth-order valence-corrected chi connectivity index (χ4v) is 2.65. The van der Waals surface area contributed by atoms with Crippen molar-refractivity contribution < 1.29 is 9.53 Å².